The molecule has 20 heavy (non-hydrogen) atoms. The average molecular weight is 266 g/mol. The zero-order valence-electron chi connectivity index (χ0n) is 10.8. The normalized spacial score (nSPS) is 9.45. The van der Waals surface area contributed by atoms with Gasteiger partial charge in [0.25, 0.3) is 5.91 Å². The summed E-state index contributed by atoms with van der Waals surface area (Å²) >= 11 is 0. The molecule has 2 N–H and O–H groups in total. The minimum Gasteiger partial charge on any atom is -0.384 e. The first-order valence-electron chi connectivity index (χ1n) is 6.16. The lowest BCUT2D eigenvalue weighted by Crippen LogP contribution is -2.22. The standard InChI is InChI=1S/C16H14N2O2/c19-8-4-7-14-9-15(12-17-10-14)16(20)18-11-13-5-2-1-3-6-13/h1-3,5-6,9-10,12,19H,8,11H2,(H,18,20). The molecule has 100 valence electrons. The van der Waals surface area contributed by atoms with Crippen molar-refractivity contribution in [3.63, 3.8) is 0 Å². The Hall–Kier alpha value is -2.64. The number of carbonyl (C=O) groups excluding carboxylic acids is 1. The summed E-state index contributed by atoms with van der Waals surface area (Å²) in [6.45, 7) is 0.247. The number of pyridine rings is 1. The van der Waals surface area contributed by atoms with Crippen LogP contribution in [0.15, 0.2) is 48.8 Å². The molecular formula is C16H14N2O2. The van der Waals surface area contributed by atoms with Gasteiger partial charge in [0.05, 0.1) is 5.56 Å². The van der Waals surface area contributed by atoms with E-state index in [-0.39, 0.29) is 12.5 Å². The number of benzene rings is 1. The number of amides is 1. The van der Waals surface area contributed by atoms with E-state index in [0.29, 0.717) is 17.7 Å². The second-order valence-electron chi connectivity index (χ2n) is 4.09. The molecule has 2 rings (SSSR count). The molecule has 0 aliphatic rings. The lowest BCUT2D eigenvalue weighted by Gasteiger charge is -2.05. The minimum absolute atomic E-state index is 0.200. The Morgan fingerprint density at radius 3 is 2.80 bits per heavy atom. The van der Waals surface area contributed by atoms with E-state index in [1.807, 2.05) is 30.3 Å². The molecule has 0 saturated carbocycles. The number of aliphatic hydroxyl groups is 1. The summed E-state index contributed by atoms with van der Waals surface area (Å²) in [6, 6.07) is 11.3. The molecule has 0 fully saturated rings. The minimum atomic E-state index is -0.218. The summed E-state index contributed by atoms with van der Waals surface area (Å²) in [5.41, 5.74) is 2.09. The highest BCUT2D eigenvalue weighted by molar-refractivity contribution is 5.94. The summed E-state index contributed by atoms with van der Waals surface area (Å²) in [4.78, 5) is 16.0. The number of aliphatic hydroxyl groups excluding tert-OH is 1. The van der Waals surface area contributed by atoms with E-state index in [4.69, 9.17) is 5.11 Å². The molecule has 2 aromatic rings. The number of carbonyl (C=O) groups is 1. The predicted molar refractivity (Wildman–Crippen MR) is 75.8 cm³/mol. The third-order valence-electron chi connectivity index (χ3n) is 2.61. The van der Waals surface area contributed by atoms with Crippen molar-refractivity contribution >= 4 is 5.91 Å². The van der Waals surface area contributed by atoms with E-state index in [1.165, 1.54) is 6.20 Å². The van der Waals surface area contributed by atoms with Crippen molar-refractivity contribution in [1.82, 2.24) is 10.3 Å². The van der Waals surface area contributed by atoms with Crippen molar-refractivity contribution in [1.29, 1.82) is 0 Å². The number of rotatable bonds is 3. The van der Waals surface area contributed by atoms with Crippen molar-refractivity contribution in [3.05, 3.63) is 65.5 Å². The van der Waals surface area contributed by atoms with E-state index in [0.717, 1.165) is 5.56 Å². The van der Waals surface area contributed by atoms with E-state index in [9.17, 15) is 4.79 Å². The first-order chi connectivity index (χ1) is 9.79. The van der Waals surface area contributed by atoms with Gasteiger partial charge >= 0.3 is 0 Å². The lowest BCUT2D eigenvalue weighted by atomic mass is 10.2. The Bertz CT molecular complexity index is 642. The van der Waals surface area contributed by atoms with Gasteiger partial charge in [-0.2, -0.15) is 0 Å². The number of nitrogens with zero attached hydrogens (tertiary/aromatic N) is 1. The third kappa shape index (κ3) is 3.94. The number of hydrogen-bond acceptors (Lipinski definition) is 3. The van der Waals surface area contributed by atoms with Gasteiger partial charge in [-0.25, -0.2) is 0 Å². The van der Waals surface area contributed by atoms with Crippen LogP contribution in [0.4, 0.5) is 0 Å². The molecule has 1 aromatic heterocycles. The molecule has 1 aromatic carbocycles. The Morgan fingerprint density at radius 1 is 1.25 bits per heavy atom. The van der Waals surface area contributed by atoms with E-state index in [1.54, 1.807) is 12.3 Å². The summed E-state index contributed by atoms with van der Waals surface area (Å²) in [5, 5.41) is 11.5. The van der Waals surface area contributed by atoms with Crippen LogP contribution in [0.2, 0.25) is 0 Å². The van der Waals surface area contributed by atoms with Gasteiger partial charge in [-0.3, -0.25) is 9.78 Å². The van der Waals surface area contributed by atoms with E-state index < -0.39 is 0 Å². The van der Waals surface area contributed by atoms with Crippen LogP contribution in [-0.2, 0) is 6.54 Å². The molecule has 0 radical (unpaired) electrons. The highest BCUT2D eigenvalue weighted by atomic mass is 16.2. The van der Waals surface area contributed by atoms with Crippen molar-refractivity contribution in [2.75, 3.05) is 6.61 Å². The third-order valence-corrected chi connectivity index (χ3v) is 2.61. The fourth-order valence-corrected chi connectivity index (χ4v) is 1.65. The lowest BCUT2D eigenvalue weighted by molar-refractivity contribution is 0.0950. The molecule has 0 aliphatic carbocycles. The van der Waals surface area contributed by atoms with Crippen LogP contribution >= 0.6 is 0 Å². The van der Waals surface area contributed by atoms with Crippen molar-refractivity contribution < 1.29 is 9.90 Å². The average Bonchev–Trinajstić information content (AvgIpc) is 2.52. The van der Waals surface area contributed by atoms with E-state index in [2.05, 4.69) is 22.1 Å². The quantitative estimate of drug-likeness (QED) is 0.824. The van der Waals surface area contributed by atoms with Gasteiger partial charge in [-0.15, -0.1) is 0 Å². The number of hydrogen-bond donors (Lipinski definition) is 2. The van der Waals surface area contributed by atoms with Gasteiger partial charge < -0.3 is 10.4 Å². The molecule has 0 atom stereocenters. The first kappa shape index (κ1) is 13.8. The molecule has 0 unspecified atom stereocenters. The Morgan fingerprint density at radius 2 is 2.05 bits per heavy atom. The van der Waals surface area contributed by atoms with Crippen molar-refractivity contribution in [2.24, 2.45) is 0 Å². The van der Waals surface area contributed by atoms with Gasteiger partial charge in [0, 0.05) is 24.5 Å². The zero-order chi connectivity index (χ0) is 14.2. The maximum Gasteiger partial charge on any atom is 0.253 e. The monoisotopic (exact) mass is 266 g/mol. The molecule has 1 heterocycles. The Balaban J connectivity index is 2.02. The Kier molecular flexibility index (Phi) is 4.87. The fraction of sp³-hybridized carbons (Fsp3) is 0.125. The van der Waals surface area contributed by atoms with Crippen molar-refractivity contribution in [2.45, 2.75) is 6.54 Å². The van der Waals surface area contributed by atoms with Gasteiger partial charge in [0.2, 0.25) is 0 Å². The SMILES string of the molecule is O=C(NCc1ccccc1)c1cncc(C#CCO)c1. The molecular weight excluding hydrogens is 252 g/mol. The second-order valence-corrected chi connectivity index (χ2v) is 4.09. The van der Waals surface area contributed by atoms with Crippen LogP contribution in [-0.4, -0.2) is 22.6 Å². The van der Waals surface area contributed by atoms with Gasteiger partial charge in [0.1, 0.15) is 6.61 Å². The molecule has 0 aliphatic heterocycles. The van der Waals surface area contributed by atoms with Crippen LogP contribution in [0, 0.1) is 11.8 Å². The van der Waals surface area contributed by atoms with Gasteiger partial charge in [0.15, 0.2) is 0 Å². The number of nitrogens with one attached hydrogen (secondary N) is 1. The van der Waals surface area contributed by atoms with Crippen LogP contribution in [0.3, 0.4) is 0 Å². The highest BCUT2D eigenvalue weighted by Crippen LogP contribution is 2.03. The zero-order valence-corrected chi connectivity index (χ0v) is 10.8. The smallest absolute Gasteiger partial charge is 0.253 e. The summed E-state index contributed by atoms with van der Waals surface area (Å²) in [5.74, 6) is 5.04. The maximum absolute atomic E-state index is 12.0. The maximum atomic E-state index is 12.0. The molecule has 4 heteroatoms. The fourth-order valence-electron chi connectivity index (χ4n) is 1.65. The second kappa shape index (κ2) is 7.07. The van der Waals surface area contributed by atoms with E-state index >= 15 is 0 Å². The van der Waals surface area contributed by atoms with Gasteiger partial charge in [-0.1, -0.05) is 42.2 Å². The highest BCUT2D eigenvalue weighted by Gasteiger charge is 2.06. The summed E-state index contributed by atoms with van der Waals surface area (Å²) in [6.07, 6.45) is 3.04. The first-order valence-corrected chi connectivity index (χ1v) is 6.16. The van der Waals surface area contributed by atoms with Crippen LogP contribution in [0.25, 0.3) is 0 Å². The van der Waals surface area contributed by atoms with Crippen LogP contribution in [0.5, 0.6) is 0 Å². The molecule has 0 spiro atoms. The van der Waals surface area contributed by atoms with Crippen LogP contribution < -0.4 is 5.32 Å². The van der Waals surface area contributed by atoms with Gasteiger partial charge in [-0.05, 0) is 11.6 Å². The summed E-state index contributed by atoms with van der Waals surface area (Å²) < 4.78 is 0. The number of aromatic nitrogens is 1. The largest absolute Gasteiger partial charge is 0.384 e. The van der Waals surface area contributed by atoms with Crippen molar-refractivity contribution in [3.8, 4) is 11.8 Å². The topological polar surface area (TPSA) is 62.2 Å². The molecule has 0 bridgehead atoms. The predicted octanol–water partition coefficient (Wildman–Crippen LogP) is 1.36. The Labute approximate surface area is 117 Å². The molecule has 4 nitrogen and oxygen atoms in total. The van der Waals surface area contributed by atoms with Crippen LogP contribution in [0.1, 0.15) is 21.5 Å². The molecule has 1 amide bonds. The summed E-state index contributed by atoms with van der Waals surface area (Å²) in [7, 11) is 0. The molecule has 0 saturated heterocycles.